The van der Waals surface area contributed by atoms with Crippen LogP contribution in [0, 0.1) is 16.7 Å². The topological polar surface area (TPSA) is 82.1 Å². The van der Waals surface area contributed by atoms with Gasteiger partial charge in [0.2, 0.25) is 0 Å². The minimum absolute atomic E-state index is 0.00574. The summed E-state index contributed by atoms with van der Waals surface area (Å²) in [6.45, 7) is 19.9. The second kappa shape index (κ2) is 27.9. The summed E-state index contributed by atoms with van der Waals surface area (Å²) in [6, 6.07) is 0.508. The Bertz CT molecular complexity index is 855. The molecule has 0 amide bonds. The Balaban J connectivity index is 2.50. The Morgan fingerprint density at radius 2 is 0.980 bits per heavy atom. The number of hydrogen-bond donors (Lipinski definition) is 0. The zero-order chi connectivity index (χ0) is 38.0. The van der Waals surface area contributed by atoms with E-state index in [9.17, 15) is 14.4 Å². The van der Waals surface area contributed by atoms with Crippen LogP contribution in [0.4, 0.5) is 0 Å². The van der Waals surface area contributed by atoms with Crippen LogP contribution < -0.4 is 0 Å². The molecular weight excluding hydrogens is 638 g/mol. The van der Waals surface area contributed by atoms with Gasteiger partial charge in [0.15, 0.2) is 0 Å². The molecule has 1 heterocycles. The number of rotatable bonds is 31. The Hall–Kier alpha value is -1.63. The number of ether oxygens (including phenoxy) is 3. The summed E-state index contributed by atoms with van der Waals surface area (Å²) >= 11 is 0. The summed E-state index contributed by atoms with van der Waals surface area (Å²) in [5.41, 5.74) is -0.958. The second-order valence-electron chi connectivity index (χ2n) is 17.2. The third-order valence-corrected chi connectivity index (χ3v) is 11.1. The lowest BCUT2D eigenvalue weighted by Gasteiger charge is -2.34. The molecule has 0 aromatic heterocycles. The van der Waals surface area contributed by atoms with Crippen molar-refractivity contribution >= 4 is 17.9 Å². The molecule has 7 nitrogen and oxygen atoms in total. The fourth-order valence-corrected chi connectivity index (χ4v) is 7.10. The second-order valence-corrected chi connectivity index (χ2v) is 17.2. The Morgan fingerprint density at radius 3 is 1.39 bits per heavy atom. The average molecular weight is 722 g/mol. The van der Waals surface area contributed by atoms with E-state index >= 15 is 0 Å². The number of nitrogens with zero attached hydrogens (tertiary/aromatic N) is 1. The molecule has 1 rings (SSSR count). The van der Waals surface area contributed by atoms with E-state index in [1.54, 1.807) is 0 Å². The molecule has 1 saturated heterocycles. The van der Waals surface area contributed by atoms with Crippen LogP contribution in [0.25, 0.3) is 0 Å². The van der Waals surface area contributed by atoms with Gasteiger partial charge in [-0.3, -0.25) is 14.4 Å². The van der Waals surface area contributed by atoms with Crippen LogP contribution in [0.3, 0.4) is 0 Å². The van der Waals surface area contributed by atoms with Gasteiger partial charge in [-0.15, -0.1) is 0 Å². The molecule has 7 heteroatoms. The molecule has 0 aromatic carbocycles. The van der Waals surface area contributed by atoms with Crippen molar-refractivity contribution in [1.29, 1.82) is 0 Å². The standard InChI is InChI=1S/C44H83NO6/c1-9-11-13-15-17-25-35-49-41(47)43(5,6)31-23-19-21-27-39(51-40(46)38-29-33-45(34-30-38)37(3)4)28-22-20-24-32-44(7,8)42(48)50-36-26-18-16-14-12-10-2/h37-39H,9-36H2,1-8H3. The highest BCUT2D eigenvalue weighted by Crippen LogP contribution is 2.29. The van der Waals surface area contributed by atoms with Crippen LogP contribution in [-0.4, -0.2) is 61.3 Å². The molecule has 51 heavy (non-hydrogen) atoms. The molecule has 300 valence electrons. The zero-order valence-corrected chi connectivity index (χ0v) is 34.9. The maximum atomic E-state index is 13.3. The molecule has 0 radical (unpaired) electrons. The number of carbonyl (C=O) groups is 3. The van der Waals surface area contributed by atoms with Crippen molar-refractivity contribution in [3.05, 3.63) is 0 Å². The zero-order valence-electron chi connectivity index (χ0n) is 34.9. The van der Waals surface area contributed by atoms with Gasteiger partial charge in [-0.05, 0) is 119 Å². The summed E-state index contributed by atoms with van der Waals surface area (Å²) < 4.78 is 17.5. The predicted molar refractivity (Wildman–Crippen MR) is 212 cm³/mol. The SMILES string of the molecule is CCCCCCCCOC(=O)C(C)(C)CCCCCC(CCCCCC(C)(C)C(=O)OCCCCCCCC)OC(=O)C1CCN(C(C)C)CC1. The molecule has 0 saturated carbocycles. The molecule has 1 aliphatic rings. The quantitative estimate of drug-likeness (QED) is 0.0400. The fraction of sp³-hybridized carbons (Fsp3) is 0.932. The number of carbonyl (C=O) groups excluding carboxylic acids is 3. The first-order valence-electron chi connectivity index (χ1n) is 21.6. The van der Waals surface area contributed by atoms with Crippen molar-refractivity contribution in [2.45, 2.75) is 222 Å². The summed E-state index contributed by atoms with van der Waals surface area (Å²) in [4.78, 5) is 41.2. The highest BCUT2D eigenvalue weighted by molar-refractivity contribution is 5.76. The van der Waals surface area contributed by atoms with Gasteiger partial charge in [-0.25, -0.2) is 0 Å². The number of hydrogen-bond acceptors (Lipinski definition) is 7. The van der Waals surface area contributed by atoms with Gasteiger partial charge in [-0.2, -0.15) is 0 Å². The Kier molecular flexibility index (Phi) is 25.9. The number of esters is 3. The van der Waals surface area contributed by atoms with Gasteiger partial charge in [-0.1, -0.05) is 104 Å². The fourth-order valence-electron chi connectivity index (χ4n) is 7.10. The van der Waals surface area contributed by atoms with E-state index in [1.165, 1.54) is 51.4 Å². The molecule has 0 atom stereocenters. The first kappa shape index (κ1) is 47.4. The van der Waals surface area contributed by atoms with Gasteiger partial charge in [0.1, 0.15) is 6.10 Å². The van der Waals surface area contributed by atoms with E-state index in [1.807, 2.05) is 27.7 Å². The summed E-state index contributed by atoms with van der Waals surface area (Å²) in [7, 11) is 0. The van der Waals surface area contributed by atoms with E-state index < -0.39 is 10.8 Å². The molecule has 1 aliphatic heterocycles. The van der Waals surface area contributed by atoms with Crippen molar-refractivity contribution in [3.63, 3.8) is 0 Å². The van der Waals surface area contributed by atoms with Crippen molar-refractivity contribution < 1.29 is 28.6 Å². The molecule has 1 fully saturated rings. The summed E-state index contributed by atoms with van der Waals surface area (Å²) in [5, 5.41) is 0. The van der Waals surface area contributed by atoms with Crippen LogP contribution in [0.2, 0.25) is 0 Å². The molecular formula is C44H83NO6. The first-order chi connectivity index (χ1) is 24.3. The van der Waals surface area contributed by atoms with E-state index in [0.29, 0.717) is 19.3 Å². The van der Waals surface area contributed by atoms with Crippen LogP contribution in [-0.2, 0) is 28.6 Å². The van der Waals surface area contributed by atoms with E-state index in [4.69, 9.17) is 14.2 Å². The largest absolute Gasteiger partial charge is 0.465 e. The minimum atomic E-state index is -0.479. The first-order valence-corrected chi connectivity index (χ1v) is 21.6. The molecule has 0 bridgehead atoms. The molecule has 0 unspecified atom stereocenters. The minimum Gasteiger partial charge on any atom is -0.465 e. The third-order valence-electron chi connectivity index (χ3n) is 11.1. The van der Waals surface area contributed by atoms with Crippen molar-refractivity contribution in [3.8, 4) is 0 Å². The maximum Gasteiger partial charge on any atom is 0.311 e. The van der Waals surface area contributed by atoms with Gasteiger partial charge in [0.05, 0.1) is 30.0 Å². The molecule has 0 aliphatic carbocycles. The van der Waals surface area contributed by atoms with E-state index in [2.05, 4.69) is 32.6 Å². The van der Waals surface area contributed by atoms with Gasteiger partial charge < -0.3 is 19.1 Å². The van der Waals surface area contributed by atoms with Crippen LogP contribution >= 0.6 is 0 Å². The number of likely N-dealkylation sites (tertiary alicyclic amines) is 1. The highest BCUT2D eigenvalue weighted by atomic mass is 16.5. The van der Waals surface area contributed by atoms with Crippen molar-refractivity contribution in [2.75, 3.05) is 26.3 Å². The summed E-state index contributed by atoms with van der Waals surface area (Å²) in [6.07, 6.45) is 25.0. The van der Waals surface area contributed by atoms with Gasteiger partial charge in [0.25, 0.3) is 0 Å². The third kappa shape index (κ3) is 22.2. The lowest BCUT2D eigenvalue weighted by atomic mass is 9.86. The maximum absolute atomic E-state index is 13.3. The van der Waals surface area contributed by atoms with Crippen LogP contribution in [0.15, 0.2) is 0 Å². The Morgan fingerprint density at radius 1 is 0.588 bits per heavy atom. The van der Waals surface area contributed by atoms with E-state index in [-0.39, 0.29) is 29.9 Å². The lowest BCUT2D eigenvalue weighted by Crippen LogP contribution is -2.41. The average Bonchev–Trinajstić information content (AvgIpc) is 3.10. The van der Waals surface area contributed by atoms with Crippen molar-refractivity contribution in [1.82, 2.24) is 4.90 Å². The number of piperidine rings is 1. The van der Waals surface area contributed by atoms with Crippen LogP contribution in [0.5, 0.6) is 0 Å². The highest BCUT2D eigenvalue weighted by Gasteiger charge is 2.31. The van der Waals surface area contributed by atoms with Crippen LogP contribution in [0.1, 0.15) is 209 Å². The predicted octanol–water partition coefficient (Wildman–Crippen LogP) is 11.8. The Labute approximate surface area is 315 Å². The molecule has 0 N–H and O–H groups in total. The summed E-state index contributed by atoms with van der Waals surface area (Å²) in [5.74, 6) is -0.193. The smallest absolute Gasteiger partial charge is 0.311 e. The monoisotopic (exact) mass is 722 g/mol. The molecule has 0 aromatic rings. The van der Waals surface area contributed by atoms with Gasteiger partial charge in [0, 0.05) is 6.04 Å². The van der Waals surface area contributed by atoms with Crippen molar-refractivity contribution in [2.24, 2.45) is 16.7 Å². The van der Waals surface area contributed by atoms with Gasteiger partial charge >= 0.3 is 17.9 Å². The number of unbranched alkanes of at least 4 members (excludes halogenated alkanes) is 14. The molecule has 0 spiro atoms. The lowest BCUT2D eigenvalue weighted by molar-refractivity contribution is -0.157. The normalized spacial score (nSPS) is 14.7. The van der Waals surface area contributed by atoms with E-state index in [0.717, 1.165) is 116 Å².